The molecule has 0 bridgehead atoms. The van der Waals surface area contributed by atoms with Crippen molar-refractivity contribution >= 4 is 0 Å². The number of epoxide rings is 1. The van der Waals surface area contributed by atoms with E-state index in [0.29, 0.717) is 0 Å². The molecule has 2 spiro atoms. The van der Waals surface area contributed by atoms with Gasteiger partial charge in [0.2, 0.25) is 0 Å². The summed E-state index contributed by atoms with van der Waals surface area (Å²) in [6.07, 6.45) is 3.08. The van der Waals surface area contributed by atoms with Crippen LogP contribution in [0.5, 0.6) is 0 Å². The first-order valence-corrected chi connectivity index (χ1v) is 3.85. The second kappa shape index (κ2) is 1.26. The zero-order valence-electron chi connectivity index (χ0n) is 5.76. The van der Waals surface area contributed by atoms with Crippen LogP contribution in [0, 0.1) is 5.41 Å². The molecule has 0 aromatic heterocycles. The summed E-state index contributed by atoms with van der Waals surface area (Å²) in [4.78, 5) is 0. The smallest absolute Gasteiger partial charge is 0.145 e. The van der Waals surface area contributed by atoms with Crippen LogP contribution in [0.3, 0.4) is 0 Å². The van der Waals surface area contributed by atoms with Crippen LogP contribution in [0.25, 0.3) is 0 Å². The largest absolute Gasteiger partial charge is 0.378 e. The van der Waals surface area contributed by atoms with Crippen LogP contribution in [0.2, 0.25) is 0 Å². The molecule has 0 amide bonds. The molecule has 2 N–H and O–H groups in total. The third kappa shape index (κ3) is 0.516. The van der Waals surface area contributed by atoms with Crippen molar-refractivity contribution in [3.8, 4) is 0 Å². The van der Waals surface area contributed by atoms with Gasteiger partial charge in [-0.3, -0.25) is 5.32 Å². The summed E-state index contributed by atoms with van der Waals surface area (Å²) in [6, 6.07) is 0. The molecule has 1 aliphatic carbocycles. The number of nitrogens with one attached hydrogen (secondary N) is 1. The minimum absolute atomic E-state index is 0.0874. The Labute approximate surface area is 59.4 Å². The second-order valence-corrected chi connectivity index (χ2v) is 3.87. The van der Waals surface area contributed by atoms with Gasteiger partial charge in [-0.25, -0.2) is 0 Å². The maximum absolute atomic E-state index is 9.50. The van der Waals surface area contributed by atoms with E-state index in [1.807, 2.05) is 0 Å². The van der Waals surface area contributed by atoms with Gasteiger partial charge >= 0.3 is 0 Å². The molecule has 3 fully saturated rings. The van der Waals surface area contributed by atoms with Crippen molar-refractivity contribution in [1.82, 2.24) is 5.32 Å². The fourth-order valence-electron chi connectivity index (χ4n) is 2.00. The maximum Gasteiger partial charge on any atom is 0.145 e. The molecular formula is C7H11NO2. The predicted octanol–water partition coefficient (Wildman–Crippen LogP) is -0.195. The molecule has 1 saturated carbocycles. The molecule has 0 aromatic carbocycles. The van der Waals surface area contributed by atoms with Gasteiger partial charge in [-0.2, -0.15) is 0 Å². The van der Waals surface area contributed by atoms with Gasteiger partial charge in [0.15, 0.2) is 0 Å². The molecule has 2 unspecified atom stereocenters. The van der Waals surface area contributed by atoms with Gasteiger partial charge in [-0.1, -0.05) is 0 Å². The summed E-state index contributed by atoms with van der Waals surface area (Å²) < 4.78 is 5.23. The Hall–Kier alpha value is -0.120. The number of hydrogen-bond acceptors (Lipinski definition) is 3. The predicted molar refractivity (Wildman–Crippen MR) is 34.1 cm³/mol. The van der Waals surface area contributed by atoms with Crippen molar-refractivity contribution in [3.63, 3.8) is 0 Å². The number of rotatable bonds is 0. The Bertz CT molecular complexity index is 184. The van der Waals surface area contributed by atoms with Gasteiger partial charge in [0.05, 0.1) is 6.61 Å². The first-order chi connectivity index (χ1) is 4.75. The molecule has 56 valence electrons. The highest BCUT2D eigenvalue weighted by atomic mass is 16.6. The molecule has 3 nitrogen and oxygen atoms in total. The zero-order chi connectivity index (χ0) is 6.82. The lowest BCUT2D eigenvalue weighted by Gasteiger charge is -2.08. The lowest BCUT2D eigenvalue weighted by atomic mass is 10.0. The average Bonchev–Trinajstić information content (AvgIpc) is 2.69. The summed E-state index contributed by atoms with van der Waals surface area (Å²) in [6.45, 7) is 0.797. The summed E-state index contributed by atoms with van der Waals surface area (Å²) in [5, 5.41) is 12.6. The van der Waals surface area contributed by atoms with Crippen LogP contribution in [0.1, 0.15) is 19.3 Å². The fourth-order valence-corrected chi connectivity index (χ4v) is 2.00. The monoisotopic (exact) mass is 141 g/mol. The van der Waals surface area contributed by atoms with Crippen LogP contribution >= 0.6 is 0 Å². The highest BCUT2D eigenvalue weighted by Gasteiger charge is 2.65. The first kappa shape index (κ1) is 5.52. The summed E-state index contributed by atoms with van der Waals surface area (Å²) in [7, 11) is 0. The lowest BCUT2D eigenvalue weighted by Crippen LogP contribution is -2.33. The normalized spacial score (nSPS) is 54.3. The van der Waals surface area contributed by atoms with Crippen molar-refractivity contribution < 1.29 is 9.84 Å². The molecule has 2 saturated heterocycles. The van der Waals surface area contributed by atoms with Crippen LogP contribution < -0.4 is 5.32 Å². The van der Waals surface area contributed by atoms with E-state index in [2.05, 4.69) is 5.32 Å². The van der Waals surface area contributed by atoms with E-state index in [-0.39, 0.29) is 17.4 Å². The van der Waals surface area contributed by atoms with Crippen molar-refractivity contribution in [1.29, 1.82) is 0 Å². The minimum Gasteiger partial charge on any atom is -0.378 e. The molecule has 3 heteroatoms. The molecule has 0 radical (unpaired) electrons. The number of aliphatic hydroxyl groups is 1. The van der Waals surface area contributed by atoms with Crippen LogP contribution in [0.4, 0.5) is 0 Å². The minimum atomic E-state index is -0.296. The van der Waals surface area contributed by atoms with Crippen molar-refractivity contribution in [2.24, 2.45) is 5.41 Å². The standard InChI is InChI=1S/C7H11NO2/c9-5-6(1-2-6)3-7(8-5)4-10-7/h5,8-9H,1-4H2. The van der Waals surface area contributed by atoms with E-state index in [1.54, 1.807) is 0 Å². The molecule has 3 rings (SSSR count). The number of ether oxygens (including phenoxy) is 1. The molecular weight excluding hydrogens is 130 g/mol. The quantitative estimate of drug-likeness (QED) is 0.459. The molecule has 3 aliphatic rings. The summed E-state index contributed by atoms with van der Waals surface area (Å²) in [5.74, 6) is 0. The Morgan fingerprint density at radius 3 is 2.50 bits per heavy atom. The highest BCUT2D eigenvalue weighted by Crippen LogP contribution is 2.60. The molecule has 2 atom stereocenters. The molecule has 2 heterocycles. The van der Waals surface area contributed by atoms with Crippen molar-refractivity contribution in [2.45, 2.75) is 31.2 Å². The highest BCUT2D eigenvalue weighted by molar-refractivity contribution is 5.13. The van der Waals surface area contributed by atoms with E-state index in [0.717, 1.165) is 13.0 Å². The second-order valence-electron chi connectivity index (χ2n) is 3.87. The Morgan fingerprint density at radius 1 is 1.50 bits per heavy atom. The van der Waals surface area contributed by atoms with E-state index >= 15 is 0 Å². The number of hydrogen-bond donors (Lipinski definition) is 2. The van der Waals surface area contributed by atoms with E-state index < -0.39 is 0 Å². The maximum atomic E-state index is 9.50. The number of aliphatic hydroxyl groups excluding tert-OH is 1. The summed E-state index contributed by atoms with van der Waals surface area (Å²) >= 11 is 0. The van der Waals surface area contributed by atoms with Crippen molar-refractivity contribution in [2.75, 3.05) is 6.61 Å². The Morgan fingerprint density at radius 2 is 2.20 bits per heavy atom. The van der Waals surface area contributed by atoms with E-state index in [4.69, 9.17) is 4.74 Å². The average molecular weight is 141 g/mol. The van der Waals surface area contributed by atoms with Gasteiger partial charge < -0.3 is 9.84 Å². The Balaban J connectivity index is 1.89. The van der Waals surface area contributed by atoms with Gasteiger partial charge in [-0.05, 0) is 12.8 Å². The third-order valence-corrected chi connectivity index (χ3v) is 3.00. The van der Waals surface area contributed by atoms with Gasteiger partial charge in [0, 0.05) is 11.8 Å². The third-order valence-electron chi connectivity index (χ3n) is 3.00. The topological polar surface area (TPSA) is 44.8 Å². The zero-order valence-corrected chi connectivity index (χ0v) is 5.76. The van der Waals surface area contributed by atoms with Gasteiger partial charge in [0.25, 0.3) is 0 Å². The summed E-state index contributed by atoms with van der Waals surface area (Å²) in [5.41, 5.74) is 0.131. The molecule has 0 aromatic rings. The fraction of sp³-hybridized carbons (Fsp3) is 1.00. The van der Waals surface area contributed by atoms with Crippen LogP contribution in [0.15, 0.2) is 0 Å². The first-order valence-electron chi connectivity index (χ1n) is 3.85. The lowest BCUT2D eigenvalue weighted by molar-refractivity contribution is 0.0923. The Kier molecular flexibility index (Phi) is 0.698. The SMILES string of the molecule is OC1NC2(CO2)CC12CC2. The van der Waals surface area contributed by atoms with Crippen molar-refractivity contribution in [3.05, 3.63) is 0 Å². The van der Waals surface area contributed by atoms with E-state index in [9.17, 15) is 5.11 Å². The van der Waals surface area contributed by atoms with Crippen LogP contribution in [-0.2, 0) is 4.74 Å². The molecule has 2 aliphatic heterocycles. The van der Waals surface area contributed by atoms with Crippen LogP contribution in [-0.4, -0.2) is 23.7 Å². The van der Waals surface area contributed by atoms with E-state index in [1.165, 1.54) is 12.8 Å². The van der Waals surface area contributed by atoms with Gasteiger partial charge in [-0.15, -0.1) is 0 Å². The molecule has 10 heavy (non-hydrogen) atoms. The van der Waals surface area contributed by atoms with Gasteiger partial charge in [0.1, 0.15) is 12.0 Å².